The van der Waals surface area contributed by atoms with Crippen LogP contribution in [0.2, 0.25) is 5.21 Å². The van der Waals surface area contributed by atoms with Gasteiger partial charge in [-0.3, -0.25) is 0 Å². The maximum atomic E-state index is 2.30. The molecule has 0 rings (SSSR count). The molecule has 0 N–H and O–H groups in total. The zero-order valence-electron chi connectivity index (χ0n) is 13.6. The van der Waals surface area contributed by atoms with Crippen molar-refractivity contribution in [2.45, 2.75) is 115 Å². The van der Waals surface area contributed by atoms with Crippen molar-refractivity contribution in [2.75, 3.05) is 0 Å². The summed E-state index contributed by atoms with van der Waals surface area (Å²) in [5.74, 6) is 0. The van der Waals surface area contributed by atoms with Gasteiger partial charge in [0.05, 0.1) is 0 Å². The molecule has 1 atom stereocenters. The van der Waals surface area contributed by atoms with E-state index in [1.54, 1.807) is 0 Å². The molecule has 0 amide bonds. The Morgan fingerprint density at radius 2 is 0.684 bits per heavy atom. The summed E-state index contributed by atoms with van der Waals surface area (Å²) in [6, 6.07) is 0. The molecule has 0 aromatic carbocycles. The Morgan fingerprint density at radius 3 is 0.947 bits per heavy atom. The molecular weight excluding hydrogens is 291 g/mol. The summed E-state index contributed by atoms with van der Waals surface area (Å²) in [4.78, 5) is 0. The third-order valence-corrected chi connectivity index (χ3v) is 4.91. The standard InChI is InChI=1S/C18H39As/c1-2-3-4-5-6-7-8-9-10-11-12-13-14-15-16-17-18-19/h2-19H2,1H3. The zero-order chi connectivity index (χ0) is 14.0. The molecule has 0 aromatic heterocycles. The van der Waals surface area contributed by atoms with E-state index in [0.29, 0.717) is 0 Å². The molecular formula is C18H39As. The molecule has 0 nitrogen and oxygen atoms in total. The molecule has 1 unspecified atom stereocenters. The van der Waals surface area contributed by atoms with E-state index in [4.69, 9.17) is 0 Å². The summed E-state index contributed by atoms with van der Waals surface area (Å²) in [7, 11) is 0. The van der Waals surface area contributed by atoms with Crippen LogP contribution in [0.4, 0.5) is 0 Å². The van der Waals surface area contributed by atoms with Crippen LogP contribution < -0.4 is 0 Å². The second-order valence-corrected chi connectivity index (χ2v) is 7.30. The van der Waals surface area contributed by atoms with Crippen LogP contribution in [0.25, 0.3) is 0 Å². The fourth-order valence-corrected chi connectivity index (χ4v) is 3.30. The van der Waals surface area contributed by atoms with Crippen LogP contribution in [-0.4, -0.2) is 16.9 Å². The van der Waals surface area contributed by atoms with Crippen molar-refractivity contribution in [3.8, 4) is 0 Å². The number of hydrogen-bond acceptors (Lipinski definition) is 0. The summed E-state index contributed by atoms with van der Waals surface area (Å²) in [5, 5.41) is 1.44. The van der Waals surface area contributed by atoms with Crippen LogP contribution in [0, 0.1) is 0 Å². The Balaban J connectivity index is 2.88. The van der Waals surface area contributed by atoms with Gasteiger partial charge in [-0.2, -0.15) is 0 Å². The Morgan fingerprint density at radius 1 is 0.421 bits per heavy atom. The monoisotopic (exact) mass is 330 g/mol. The van der Waals surface area contributed by atoms with E-state index in [1.165, 1.54) is 108 Å². The quantitative estimate of drug-likeness (QED) is 0.230. The van der Waals surface area contributed by atoms with Crippen LogP contribution in [-0.2, 0) is 0 Å². The van der Waals surface area contributed by atoms with Crippen LogP contribution in [0.3, 0.4) is 0 Å². The van der Waals surface area contributed by atoms with E-state index in [0.717, 1.165) is 0 Å². The Kier molecular flexibility index (Phi) is 19.1. The fraction of sp³-hybridized carbons (Fsp3) is 1.00. The van der Waals surface area contributed by atoms with Crippen LogP contribution in [0.5, 0.6) is 0 Å². The molecule has 116 valence electrons. The second-order valence-electron chi connectivity index (χ2n) is 6.09. The number of unbranched alkanes of at least 4 members (excludes halogenated alkanes) is 15. The van der Waals surface area contributed by atoms with Gasteiger partial charge in [-0.15, -0.1) is 0 Å². The molecule has 0 heterocycles. The minimum atomic E-state index is 1.37. The van der Waals surface area contributed by atoms with Crippen molar-refractivity contribution in [3.05, 3.63) is 0 Å². The number of rotatable bonds is 16. The van der Waals surface area contributed by atoms with Gasteiger partial charge in [-0.05, 0) is 0 Å². The molecule has 0 aliphatic rings. The first-order valence-electron chi connectivity index (χ1n) is 9.12. The van der Waals surface area contributed by atoms with Gasteiger partial charge in [-0.1, -0.05) is 39.0 Å². The van der Waals surface area contributed by atoms with E-state index in [-0.39, 0.29) is 0 Å². The van der Waals surface area contributed by atoms with Crippen molar-refractivity contribution in [2.24, 2.45) is 0 Å². The third kappa shape index (κ3) is 18.6. The van der Waals surface area contributed by atoms with Gasteiger partial charge in [0, 0.05) is 0 Å². The van der Waals surface area contributed by atoms with Gasteiger partial charge in [0.15, 0.2) is 0 Å². The molecule has 0 aliphatic heterocycles. The summed E-state index contributed by atoms with van der Waals surface area (Å²) in [5.41, 5.74) is 0. The van der Waals surface area contributed by atoms with E-state index in [2.05, 4.69) is 6.92 Å². The van der Waals surface area contributed by atoms with Crippen molar-refractivity contribution < 1.29 is 0 Å². The molecule has 0 saturated carbocycles. The first kappa shape index (κ1) is 19.6. The zero-order valence-corrected chi connectivity index (χ0v) is 16.0. The Hall–Kier alpha value is 0.558. The van der Waals surface area contributed by atoms with Crippen LogP contribution in [0.1, 0.15) is 110 Å². The van der Waals surface area contributed by atoms with E-state index in [9.17, 15) is 0 Å². The van der Waals surface area contributed by atoms with Crippen molar-refractivity contribution >= 4 is 16.9 Å². The van der Waals surface area contributed by atoms with Crippen molar-refractivity contribution in [1.82, 2.24) is 0 Å². The van der Waals surface area contributed by atoms with E-state index >= 15 is 0 Å². The van der Waals surface area contributed by atoms with E-state index in [1.807, 2.05) is 16.9 Å². The van der Waals surface area contributed by atoms with Gasteiger partial charge in [0.25, 0.3) is 0 Å². The maximum absolute atomic E-state index is 2.30. The molecule has 0 saturated heterocycles. The van der Waals surface area contributed by atoms with Gasteiger partial charge in [0.1, 0.15) is 0 Å². The predicted octanol–water partition coefficient (Wildman–Crippen LogP) is 6.30. The first-order valence-corrected chi connectivity index (χ1v) is 10.8. The van der Waals surface area contributed by atoms with E-state index < -0.39 is 0 Å². The molecule has 0 aromatic rings. The minimum absolute atomic E-state index is 1.37. The predicted molar refractivity (Wildman–Crippen MR) is 92.9 cm³/mol. The molecule has 0 spiro atoms. The van der Waals surface area contributed by atoms with Crippen molar-refractivity contribution in [1.29, 1.82) is 0 Å². The second kappa shape index (κ2) is 18.6. The topological polar surface area (TPSA) is 0 Å². The van der Waals surface area contributed by atoms with Crippen LogP contribution >= 0.6 is 0 Å². The Labute approximate surface area is 132 Å². The van der Waals surface area contributed by atoms with Gasteiger partial charge in [-0.25, -0.2) is 0 Å². The molecule has 19 heavy (non-hydrogen) atoms. The molecule has 0 fully saturated rings. The summed E-state index contributed by atoms with van der Waals surface area (Å²) in [6.45, 7) is 2.30. The van der Waals surface area contributed by atoms with Crippen molar-refractivity contribution in [3.63, 3.8) is 0 Å². The SMILES string of the molecule is CCCCCCCCCCCCCCCCCC[AsH2]. The average Bonchev–Trinajstić information content (AvgIpc) is 2.43. The fourth-order valence-electron chi connectivity index (χ4n) is 2.69. The summed E-state index contributed by atoms with van der Waals surface area (Å²) < 4.78 is 0. The van der Waals surface area contributed by atoms with Crippen LogP contribution in [0.15, 0.2) is 0 Å². The average molecular weight is 330 g/mol. The summed E-state index contributed by atoms with van der Waals surface area (Å²) in [6.07, 6.45) is 23.6. The Bertz CT molecular complexity index is 129. The molecule has 0 aliphatic carbocycles. The van der Waals surface area contributed by atoms with Gasteiger partial charge < -0.3 is 0 Å². The summed E-state index contributed by atoms with van der Waals surface area (Å²) >= 11 is 1.90. The molecule has 0 bridgehead atoms. The van der Waals surface area contributed by atoms with Gasteiger partial charge >= 0.3 is 92.7 Å². The number of hydrogen-bond donors (Lipinski definition) is 0. The third-order valence-electron chi connectivity index (χ3n) is 4.06. The molecule has 0 radical (unpaired) electrons. The molecule has 1 heteroatoms. The first-order chi connectivity index (χ1) is 9.41. The van der Waals surface area contributed by atoms with Gasteiger partial charge in [0.2, 0.25) is 0 Å². The normalized spacial score (nSPS) is 11.1.